The standard InChI is InChI=1S/C15H23NO/c1-11(2)6-5-7-13-10-14(17-4)8-9-15(13)12(3)16/h5,7-12H,6,16H2,1-4H3/b7-5+/t12-/m0/s1. The summed E-state index contributed by atoms with van der Waals surface area (Å²) in [6.07, 6.45) is 5.42. The molecule has 0 aliphatic heterocycles. The van der Waals surface area contributed by atoms with Crippen LogP contribution in [0, 0.1) is 5.92 Å². The minimum atomic E-state index is 0.0413. The first-order valence-electron chi connectivity index (χ1n) is 6.14. The van der Waals surface area contributed by atoms with Gasteiger partial charge in [-0.2, -0.15) is 0 Å². The first-order chi connectivity index (χ1) is 8.04. The van der Waals surface area contributed by atoms with Gasteiger partial charge in [-0.1, -0.05) is 32.1 Å². The zero-order chi connectivity index (χ0) is 12.8. The van der Waals surface area contributed by atoms with Crippen molar-refractivity contribution in [2.24, 2.45) is 11.7 Å². The van der Waals surface area contributed by atoms with E-state index in [1.165, 1.54) is 0 Å². The van der Waals surface area contributed by atoms with Gasteiger partial charge in [0.15, 0.2) is 0 Å². The van der Waals surface area contributed by atoms with Crippen molar-refractivity contribution in [2.75, 3.05) is 7.11 Å². The van der Waals surface area contributed by atoms with Crippen molar-refractivity contribution in [3.8, 4) is 5.75 Å². The monoisotopic (exact) mass is 233 g/mol. The van der Waals surface area contributed by atoms with E-state index in [9.17, 15) is 0 Å². The van der Waals surface area contributed by atoms with E-state index in [-0.39, 0.29) is 6.04 Å². The second-order valence-corrected chi connectivity index (χ2v) is 4.82. The molecule has 0 unspecified atom stereocenters. The van der Waals surface area contributed by atoms with Crippen molar-refractivity contribution >= 4 is 6.08 Å². The number of benzene rings is 1. The molecule has 17 heavy (non-hydrogen) atoms. The maximum Gasteiger partial charge on any atom is 0.119 e. The van der Waals surface area contributed by atoms with Crippen LogP contribution >= 0.6 is 0 Å². The number of rotatable bonds is 5. The van der Waals surface area contributed by atoms with E-state index in [1.54, 1.807) is 7.11 Å². The van der Waals surface area contributed by atoms with Crippen LogP contribution in [0.25, 0.3) is 6.08 Å². The predicted molar refractivity (Wildman–Crippen MR) is 74.1 cm³/mol. The van der Waals surface area contributed by atoms with E-state index < -0.39 is 0 Å². The highest BCUT2D eigenvalue weighted by atomic mass is 16.5. The Kier molecular flexibility index (Phi) is 5.23. The molecule has 2 N–H and O–H groups in total. The van der Waals surface area contributed by atoms with Crippen molar-refractivity contribution in [1.82, 2.24) is 0 Å². The lowest BCUT2D eigenvalue weighted by atomic mass is 10.00. The molecule has 0 aliphatic rings. The molecule has 0 aliphatic carbocycles. The number of ether oxygens (including phenoxy) is 1. The third-order valence-corrected chi connectivity index (χ3v) is 2.69. The molecule has 94 valence electrons. The molecule has 0 fully saturated rings. The molecule has 0 radical (unpaired) electrons. The maximum absolute atomic E-state index is 5.96. The first-order valence-corrected chi connectivity index (χ1v) is 6.14. The largest absolute Gasteiger partial charge is 0.497 e. The number of hydrogen-bond donors (Lipinski definition) is 1. The molecule has 0 bridgehead atoms. The van der Waals surface area contributed by atoms with Crippen LogP contribution in [0.15, 0.2) is 24.3 Å². The highest BCUT2D eigenvalue weighted by molar-refractivity contribution is 5.57. The third-order valence-electron chi connectivity index (χ3n) is 2.69. The summed E-state index contributed by atoms with van der Waals surface area (Å²) in [6, 6.07) is 6.08. The van der Waals surface area contributed by atoms with Crippen molar-refractivity contribution in [1.29, 1.82) is 0 Å². The first kappa shape index (κ1) is 13.8. The Morgan fingerprint density at radius 1 is 1.29 bits per heavy atom. The topological polar surface area (TPSA) is 35.2 Å². The summed E-state index contributed by atoms with van der Waals surface area (Å²) >= 11 is 0. The molecule has 0 amide bonds. The molecule has 0 aromatic heterocycles. The molecule has 0 spiro atoms. The van der Waals surface area contributed by atoms with Gasteiger partial charge in [0.25, 0.3) is 0 Å². The summed E-state index contributed by atoms with van der Waals surface area (Å²) in [5.74, 6) is 1.55. The summed E-state index contributed by atoms with van der Waals surface area (Å²) in [7, 11) is 1.68. The van der Waals surface area contributed by atoms with Gasteiger partial charge in [0, 0.05) is 6.04 Å². The average Bonchev–Trinajstić information content (AvgIpc) is 2.28. The van der Waals surface area contributed by atoms with E-state index in [0.29, 0.717) is 5.92 Å². The number of nitrogens with two attached hydrogens (primary N) is 1. The van der Waals surface area contributed by atoms with E-state index in [1.807, 2.05) is 25.1 Å². The number of hydrogen-bond acceptors (Lipinski definition) is 2. The number of allylic oxidation sites excluding steroid dienone is 1. The van der Waals surface area contributed by atoms with Gasteiger partial charge in [-0.25, -0.2) is 0 Å². The molecule has 0 heterocycles. The summed E-state index contributed by atoms with van der Waals surface area (Å²) in [6.45, 7) is 6.42. The van der Waals surface area contributed by atoms with Crippen LogP contribution in [-0.4, -0.2) is 7.11 Å². The van der Waals surface area contributed by atoms with E-state index >= 15 is 0 Å². The van der Waals surface area contributed by atoms with Crippen LogP contribution in [0.5, 0.6) is 5.75 Å². The molecule has 1 atom stereocenters. The predicted octanol–water partition coefficient (Wildman–Crippen LogP) is 3.77. The normalized spacial score (nSPS) is 13.3. The molecule has 1 aromatic rings. The maximum atomic E-state index is 5.96. The van der Waals surface area contributed by atoms with Crippen molar-refractivity contribution < 1.29 is 4.74 Å². The molecule has 1 rings (SSSR count). The van der Waals surface area contributed by atoms with Crippen LogP contribution in [0.1, 0.15) is 44.4 Å². The van der Waals surface area contributed by atoms with Gasteiger partial charge in [0.2, 0.25) is 0 Å². The molecule has 2 nitrogen and oxygen atoms in total. The summed E-state index contributed by atoms with van der Waals surface area (Å²) in [4.78, 5) is 0. The zero-order valence-corrected chi connectivity index (χ0v) is 11.2. The molecular weight excluding hydrogens is 210 g/mol. The second kappa shape index (κ2) is 6.45. The summed E-state index contributed by atoms with van der Waals surface area (Å²) in [5.41, 5.74) is 8.27. The second-order valence-electron chi connectivity index (χ2n) is 4.82. The van der Waals surface area contributed by atoms with E-state index in [2.05, 4.69) is 26.0 Å². The Balaban J connectivity index is 2.96. The lowest BCUT2D eigenvalue weighted by molar-refractivity contribution is 0.414. The molecule has 0 saturated heterocycles. The minimum Gasteiger partial charge on any atom is -0.497 e. The zero-order valence-electron chi connectivity index (χ0n) is 11.2. The lowest BCUT2D eigenvalue weighted by Crippen LogP contribution is -2.06. The Hall–Kier alpha value is -1.28. The van der Waals surface area contributed by atoms with Crippen molar-refractivity contribution in [3.05, 3.63) is 35.4 Å². The molecule has 0 saturated carbocycles. The van der Waals surface area contributed by atoms with Crippen molar-refractivity contribution in [3.63, 3.8) is 0 Å². The van der Waals surface area contributed by atoms with Crippen LogP contribution in [-0.2, 0) is 0 Å². The van der Waals surface area contributed by atoms with Crippen LogP contribution in [0.2, 0.25) is 0 Å². The lowest BCUT2D eigenvalue weighted by Gasteiger charge is -2.11. The molecular formula is C15H23NO. The Morgan fingerprint density at radius 3 is 2.53 bits per heavy atom. The number of methoxy groups -OCH3 is 1. The minimum absolute atomic E-state index is 0.0413. The smallest absolute Gasteiger partial charge is 0.119 e. The van der Waals surface area contributed by atoms with Gasteiger partial charge in [0.1, 0.15) is 5.75 Å². The van der Waals surface area contributed by atoms with Gasteiger partial charge in [0.05, 0.1) is 7.11 Å². The van der Waals surface area contributed by atoms with E-state index in [0.717, 1.165) is 23.3 Å². The quantitative estimate of drug-likeness (QED) is 0.840. The third kappa shape index (κ3) is 4.23. The molecule has 2 heteroatoms. The van der Waals surface area contributed by atoms with Gasteiger partial charge in [-0.15, -0.1) is 0 Å². The van der Waals surface area contributed by atoms with Crippen molar-refractivity contribution in [2.45, 2.75) is 33.2 Å². The van der Waals surface area contributed by atoms with Crippen LogP contribution in [0.4, 0.5) is 0 Å². The fraction of sp³-hybridized carbons (Fsp3) is 0.467. The molecule has 1 aromatic carbocycles. The van der Waals surface area contributed by atoms with Gasteiger partial charge >= 0.3 is 0 Å². The highest BCUT2D eigenvalue weighted by Crippen LogP contribution is 2.23. The van der Waals surface area contributed by atoms with Crippen LogP contribution < -0.4 is 10.5 Å². The average molecular weight is 233 g/mol. The fourth-order valence-electron chi connectivity index (χ4n) is 1.71. The van der Waals surface area contributed by atoms with Gasteiger partial charge in [-0.05, 0) is 42.5 Å². The fourth-order valence-corrected chi connectivity index (χ4v) is 1.71. The SMILES string of the molecule is COc1ccc([C@H](C)N)c(/C=C/CC(C)C)c1. The van der Waals surface area contributed by atoms with Crippen LogP contribution in [0.3, 0.4) is 0 Å². The Morgan fingerprint density at radius 2 is 2.00 bits per heavy atom. The Bertz CT molecular complexity index is 381. The highest BCUT2D eigenvalue weighted by Gasteiger charge is 2.05. The van der Waals surface area contributed by atoms with E-state index in [4.69, 9.17) is 10.5 Å². The summed E-state index contributed by atoms with van der Waals surface area (Å²) < 4.78 is 5.24. The summed E-state index contributed by atoms with van der Waals surface area (Å²) in [5, 5.41) is 0. The van der Waals surface area contributed by atoms with Gasteiger partial charge < -0.3 is 10.5 Å². The Labute approximate surface area is 104 Å². The van der Waals surface area contributed by atoms with Gasteiger partial charge in [-0.3, -0.25) is 0 Å².